The van der Waals surface area contributed by atoms with Crippen LogP contribution >= 0.6 is 0 Å². The number of rotatable bonds is 4. The first-order chi connectivity index (χ1) is 11.5. The fraction of sp³-hybridized carbons (Fsp3) is 0.353. The van der Waals surface area contributed by atoms with Gasteiger partial charge in [0.05, 0.1) is 10.5 Å². The lowest BCUT2D eigenvalue weighted by Crippen LogP contribution is -2.32. The molecule has 3 rings (SSSR count). The van der Waals surface area contributed by atoms with Gasteiger partial charge in [-0.05, 0) is 43.2 Å². The molecule has 0 saturated carbocycles. The summed E-state index contributed by atoms with van der Waals surface area (Å²) in [6.07, 6.45) is 5.43. The molecule has 0 amide bonds. The van der Waals surface area contributed by atoms with Gasteiger partial charge in [-0.1, -0.05) is 12.8 Å². The molecule has 24 heavy (non-hydrogen) atoms. The molecule has 0 radical (unpaired) electrons. The molecule has 2 heterocycles. The summed E-state index contributed by atoms with van der Waals surface area (Å²) in [6, 6.07) is 7.83. The van der Waals surface area contributed by atoms with Gasteiger partial charge < -0.3 is 10.1 Å². The fourth-order valence-corrected chi connectivity index (χ4v) is 4.56. The standard InChI is InChI=1S/C17H20N2O4S/c20-17(21)14-10-13(16-6-5-7-18-16)11-15(12-14)24(22,23)19-8-3-1-2-4-9-19/h5-7,10-12,18H,1-4,8-9H2,(H,20,21). The first-order valence-electron chi connectivity index (χ1n) is 8.01. The number of aromatic amines is 1. The van der Waals surface area contributed by atoms with Crippen molar-refractivity contribution in [3.63, 3.8) is 0 Å². The topological polar surface area (TPSA) is 90.5 Å². The van der Waals surface area contributed by atoms with Crippen molar-refractivity contribution in [1.82, 2.24) is 9.29 Å². The number of H-pyrrole nitrogens is 1. The molecule has 1 aliphatic heterocycles. The van der Waals surface area contributed by atoms with Crippen molar-refractivity contribution in [3.8, 4) is 11.3 Å². The third-order valence-corrected chi connectivity index (χ3v) is 6.14. The SMILES string of the molecule is O=C(O)c1cc(-c2ccc[nH]2)cc(S(=O)(=O)N2CCCCCC2)c1. The Hall–Kier alpha value is -2.12. The predicted octanol–water partition coefficient (Wildman–Crippen LogP) is 2.94. The van der Waals surface area contributed by atoms with Crippen LogP contribution in [0.4, 0.5) is 0 Å². The van der Waals surface area contributed by atoms with Crippen molar-refractivity contribution in [3.05, 3.63) is 42.1 Å². The quantitative estimate of drug-likeness (QED) is 0.889. The zero-order valence-electron chi connectivity index (χ0n) is 13.2. The van der Waals surface area contributed by atoms with E-state index in [0.717, 1.165) is 25.7 Å². The van der Waals surface area contributed by atoms with E-state index in [1.54, 1.807) is 24.4 Å². The molecule has 0 bridgehead atoms. The summed E-state index contributed by atoms with van der Waals surface area (Å²) in [5.74, 6) is -1.14. The van der Waals surface area contributed by atoms with Crippen molar-refractivity contribution >= 4 is 16.0 Å². The monoisotopic (exact) mass is 348 g/mol. The van der Waals surface area contributed by atoms with Gasteiger partial charge >= 0.3 is 5.97 Å². The lowest BCUT2D eigenvalue weighted by atomic mass is 10.1. The van der Waals surface area contributed by atoms with E-state index >= 15 is 0 Å². The number of nitrogens with zero attached hydrogens (tertiary/aromatic N) is 1. The molecular weight excluding hydrogens is 328 g/mol. The number of nitrogens with one attached hydrogen (secondary N) is 1. The van der Waals surface area contributed by atoms with Crippen LogP contribution in [0.1, 0.15) is 36.0 Å². The summed E-state index contributed by atoms with van der Waals surface area (Å²) in [5, 5.41) is 9.33. The maximum absolute atomic E-state index is 13.0. The molecule has 1 saturated heterocycles. The predicted molar refractivity (Wildman–Crippen MR) is 90.4 cm³/mol. The third kappa shape index (κ3) is 3.37. The van der Waals surface area contributed by atoms with E-state index in [-0.39, 0.29) is 10.5 Å². The van der Waals surface area contributed by atoms with Crippen molar-refractivity contribution in [2.45, 2.75) is 30.6 Å². The van der Waals surface area contributed by atoms with Gasteiger partial charge in [-0.25, -0.2) is 13.2 Å². The van der Waals surface area contributed by atoms with Crippen LogP contribution in [0.3, 0.4) is 0 Å². The molecule has 1 aliphatic rings. The number of carboxylic acids is 1. The maximum Gasteiger partial charge on any atom is 0.335 e. The van der Waals surface area contributed by atoms with Crippen LogP contribution in [0.2, 0.25) is 0 Å². The van der Waals surface area contributed by atoms with Gasteiger partial charge in [0.1, 0.15) is 0 Å². The molecule has 0 aliphatic carbocycles. The molecule has 1 aromatic carbocycles. The highest BCUT2D eigenvalue weighted by Gasteiger charge is 2.26. The van der Waals surface area contributed by atoms with Crippen LogP contribution in [0.15, 0.2) is 41.4 Å². The van der Waals surface area contributed by atoms with Crippen LogP contribution in [0, 0.1) is 0 Å². The Labute approximate surface area is 141 Å². The Balaban J connectivity index is 2.07. The molecule has 2 aromatic rings. The van der Waals surface area contributed by atoms with Gasteiger partial charge in [0.15, 0.2) is 0 Å². The van der Waals surface area contributed by atoms with Crippen molar-refractivity contribution < 1.29 is 18.3 Å². The van der Waals surface area contributed by atoms with Gasteiger partial charge in [-0.15, -0.1) is 0 Å². The first-order valence-corrected chi connectivity index (χ1v) is 9.45. The maximum atomic E-state index is 13.0. The zero-order valence-corrected chi connectivity index (χ0v) is 14.1. The second-order valence-corrected chi connectivity index (χ2v) is 7.89. The van der Waals surface area contributed by atoms with E-state index in [1.807, 2.05) is 0 Å². The molecule has 0 atom stereocenters. The van der Waals surface area contributed by atoms with Crippen LogP contribution in [-0.2, 0) is 10.0 Å². The third-order valence-electron chi connectivity index (χ3n) is 4.27. The summed E-state index contributed by atoms with van der Waals surface area (Å²) in [6.45, 7) is 0.967. The zero-order chi connectivity index (χ0) is 17.2. The average molecular weight is 348 g/mol. The van der Waals surface area contributed by atoms with E-state index in [0.29, 0.717) is 24.3 Å². The number of carboxylic acid groups (broad SMARTS) is 1. The van der Waals surface area contributed by atoms with Crippen LogP contribution in [0.5, 0.6) is 0 Å². The van der Waals surface area contributed by atoms with Crippen LogP contribution in [-0.4, -0.2) is 41.9 Å². The Morgan fingerprint density at radius 3 is 2.38 bits per heavy atom. The molecular formula is C17H20N2O4S. The number of carbonyl (C=O) groups is 1. The highest BCUT2D eigenvalue weighted by molar-refractivity contribution is 7.89. The second-order valence-electron chi connectivity index (χ2n) is 5.95. The number of hydrogen-bond acceptors (Lipinski definition) is 3. The second kappa shape index (κ2) is 6.78. The number of aromatic carboxylic acids is 1. The largest absolute Gasteiger partial charge is 0.478 e. The smallest absolute Gasteiger partial charge is 0.335 e. The number of aromatic nitrogens is 1. The molecule has 7 heteroatoms. The Kier molecular flexibility index (Phi) is 4.73. The van der Waals surface area contributed by atoms with Crippen LogP contribution < -0.4 is 0 Å². The van der Waals surface area contributed by atoms with E-state index in [4.69, 9.17) is 0 Å². The molecule has 2 N–H and O–H groups in total. The van der Waals surface area contributed by atoms with Crippen molar-refractivity contribution in [2.24, 2.45) is 0 Å². The van der Waals surface area contributed by atoms with E-state index < -0.39 is 16.0 Å². The van der Waals surface area contributed by atoms with Crippen LogP contribution in [0.25, 0.3) is 11.3 Å². The summed E-state index contributed by atoms with van der Waals surface area (Å²) in [7, 11) is -3.70. The van der Waals surface area contributed by atoms with Gasteiger partial charge in [0.25, 0.3) is 0 Å². The summed E-state index contributed by atoms with van der Waals surface area (Å²) >= 11 is 0. The Morgan fingerprint density at radius 2 is 1.79 bits per heavy atom. The first kappa shape index (κ1) is 16.7. The van der Waals surface area contributed by atoms with E-state index in [2.05, 4.69) is 4.98 Å². The molecule has 1 fully saturated rings. The minimum atomic E-state index is -3.70. The molecule has 0 spiro atoms. The molecule has 0 unspecified atom stereocenters. The summed E-state index contributed by atoms with van der Waals surface area (Å²) < 4.78 is 27.4. The highest BCUT2D eigenvalue weighted by Crippen LogP contribution is 2.27. The normalized spacial score (nSPS) is 16.7. The van der Waals surface area contributed by atoms with Gasteiger partial charge in [0.2, 0.25) is 10.0 Å². The van der Waals surface area contributed by atoms with Gasteiger partial charge in [0, 0.05) is 30.5 Å². The highest BCUT2D eigenvalue weighted by atomic mass is 32.2. The fourth-order valence-electron chi connectivity index (χ4n) is 2.97. The average Bonchev–Trinajstić information content (AvgIpc) is 2.96. The molecule has 1 aromatic heterocycles. The minimum absolute atomic E-state index is 0.0319. The Morgan fingerprint density at radius 1 is 1.08 bits per heavy atom. The summed E-state index contributed by atoms with van der Waals surface area (Å²) in [5.41, 5.74) is 1.20. The van der Waals surface area contributed by atoms with E-state index in [1.165, 1.54) is 16.4 Å². The number of benzene rings is 1. The lowest BCUT2D eigenvalue weighted by molar-refractivity contribution is 0.0696. The number of sulfonamides is 1. The van der Waals surface area contributed by atoms with Gasteiger partial charge in [-0.2, -0.15) is 4.31 Å². The number of hydrogen-bond donors (Lipinski definition) is 2. The minimum Gasteiger partial charge on any atom is -0.478 e. The van der Waals surface area contributed by atoms with Crippen molar-refractivity contribution in [1.29, 1.82) is 0 Å². The lowest BCUT2D eigenvalue weighted by Gasteiger charge is -2.20. The molecule has 6 nitrogen and oxygen atoms in total. The Bertz CT molecular complexity index is 820. The molecule has 128 valence electrons. The van der Waals surface area contributed by atoms with Crippen molar-refractivity contribution in [2.75, 3.05) is 13.1 Å². The van der Waals surface area contributed by atoms with Gasteiger partial charge in [-0.3, -0.25) is 0 Å². The van der Waals surface area contributed by atoms with E-state index in [9.17, 15) is 18.3 Å². The summed E-state index contributed by atoms with van der Waals surface area (Å²) in [4.78, 5) is 14.4.